The number of halogens is 2. The molecule has 2 aromatic carbocycles. The zero-order valence-corrected chi connectivity index (χ0v) is 16.6. The lowest BCUT2D eigenvalue weighted by Crippen LogP contribution is -2.58. The Labute approximate surface area is 173 Å². The van der Waals surface area contributed by atoms with Gasteiger partial charge in [0, 0.05) is 31.0 Å². The first-order chi connectivity index (χ1) is 13.5. The Bertz CT molecular complexity index is 895. The van der Waals surface area contributed by atoms with Crippen LogP contribution in [-0.2, 0) is 11.2 Å². The molecule has 0 saturated carbocycles. The summed E-state index contributed by atoms with van der Waals surface area (Å²) in [7, 11) is 0. The molecule has 2 aromatic rings. The standard InChI is InChI=1S/C20H20Cl2N4O2/c21-15-7-5-14(6-8-15)13-18(27)25-11-9-20(10-12-25)23-19(28)26(24-20)17-4-2-1-3-16(17)22/h1-8,24H,9-13H2,(H,23,28). The Kier molecular flexibility index (Phi) is 5.19. The van der Waals surface area contributed by atoms with Crippen molar-refractivity contribution in [3.63, 3.8) is 0 Å². The minimum absolute atomic E-state index is 0.0736. The quantitative estimate of drug-likeness (QED) is 0.800. The van der Waals surface area contributed by atoms with Crippen LogP contribution in [0.4, 0.5) is 10.5 Å². The van der Waals surface area contributed by atoms with Gasteiger partial charge in [-0.2, -0.15) is 0 Å². The van der Waals surface area contributed by atoms with Crippen LogP contribution in [-0.4, -0.2) is 35.6 Å². The number of urea groups is 1. The van der Waals surface area contributed by atoms with Crippen LogP contribution in [0.5, 0.6) is 0 Å². The molecule has 0 atom stereocenters. The molecule has 2 aliphatic heterocycles. The summed E-state index contributed by atoms with van der Waals surface area (Å²) >= 11 is 12.1. The smallest absolute Gasteiger partial charge is 0.338 e. The Morgan fingerprint density at radius 1 is 1.04 bits per heavy atom. The van der Waals surface area contributed by atoms with E-state index in [1.807, 2.05) is 29.2 Å². The first kappa shape index (κ1) is 19.1. The largest absolute Gasteiger partial charge is 0.342 e. The fraction of sp³-hybridized carbons (Fsp3) is 0.300. The van der Waals surface area contributed by atoms with E-state index < -0.39 is 5.66 Å². The highest BCUT2D eigenvalue weighted by molar-refractivity contribution is 6.33. The minimum atomic E-state index is -0.562. The van der Waals surface area contributed by atoms with Gasteiger partial charge in [0.15, 0.2) is 0 Å². The molecule has 0 unspecified atom stereocenters. The van der Waals surface area contributed by atoms with Crippen molar-refractivity contribution in [3.8, 4) is 0 Å². The number of amides is 3. The van der Waals surface area contributed by atoms with Gasteiger partial charge in [-0.1, -0.05) is 47.5 Å². The number of carbonyl (C=O) groups excluding carboxylic acids is 2. The third kappa shape index (κ3) is 3.81. The highest BCUT2D eigenvalue weighted by Crippen LogP contribution is 2.31. The molecular formula is C20H20Cl2N4O2. The van der Waals surface area contributed by atoms with E-state index in [0.717, 1.165) is 5.56 Å². The number of carbonyl (C=O) groups is 2. The molecule has 28 heavy (non-hydrogen) atoms. The number of likely N-dealkylation sites (tertiary alicyclic amines) is 1. The molecule has 3 amide bonds. The molecule has 0 radical (unpaired) electrons. The molecule has 2 fully saturated rings. The number of anilines is 1. The maximum absolute atomic E-state index is 12.6. The van der Waals surface area contributed by atoms with Gasteiger partial charge in [-0.05, 0) is 29.8 Å². The minimum Gasteiger partial charge on any atom is -0.342 e. The topological polar surface area (TPSA) is 64.7 Å². The van der Waals surface area contributed by atoms with Crippen LogP contribution in [0, 0.1) is 0 Å². The number of hydrazine groups is 1. The monoisotopic (exact) mass is 418 g/mol. The van der Waals surface area contributed by atoms with Crippen LogP contribution in [0.3, 0.4) is 0 Å². The summed E-state index contributed by atoms with van der Waals surface area (Å²) in [6, 6.07) is 14.3. The molecule has 0 bridgehead atoms. The summed E-state index contributed by atoms with van der Waals surface area (Å²) < 4.78 is 0. The van der Waals surface area contributed by atoms with Crippen LogP contribution >= 0.6 is 23.2 Å². The second-order valence-corrected chi connectivity index (χ2v) is 7.94. The first-order valence-electron chi connectivity index (χ1n) is 9.13. The lowest BCUT2D eigenvalue weighted by atomic mass is 9.97. The third-order valence-corrected chi connectivity index (χ3v) is 5.78. The van der Waals surface area contributed by atoms with Crippen molar-refractivity contribution in [2.75, 3.05) is 18.1 Å². The van der Waals surface area contributed by atoms with E-state index in [-0.39, 0.29) is 11.9 Å². The Hall–Kier alpha value is -2.28. The van der Waals surface area contributed by atoms with E-state index in [4.69, 9.17) is 23.2 Å². The van der Waals surface area contributed by atoms with E-state index in [9.17, 15) is 9.59 Å². The summed E-state index contributed by atoms with van der Waals surface area (Å²) in [5, 5.41) is 5.63. The van der Waals surface area contributed by atoms with Gasteiger partial charge in [0.25, 0.3) is 0 Å². The molecule has 0 aromatic heterocycles. The first-order valence-corrected chi connectivity index (χ1v) is 9.88. The van der Waals surface area contributed by atoms with Crippen molar-refractivity contribution in [1.82, 2.24) is 15.6 Å². The molecule has 2 N–H and O–H groups in total. The molecule has 8 heteroatoms. The van der Waals surface area contributed by atoms with E-state index in [1.54, 1.807) is 24.3 Å². The predicted molar refractivity (Wildman–Crippen MR) is 109 cm³/mol. The van der Waals surface area contributed by atoms with Gasteiger partial charge < -0.3 is 10.2 Å². The van der Waals surface area contributed by atoms with E-state index in [0.29, 0.717) is 48.1 Å². The lowest BCUT2D eigenvalue weighted by molar-refractivity contribution is -0.132. The Balaban J connectivity index is 1.38. The third-order valence-electron chi connectivity index (χ3n) is 5.21. The molecule has 146 valence electrons. The number of nitrogens with zero attached hydrogens (tertiary/aromatic N) is 2. The van der Waals surface area contributed by atoms with E-state index >= 15 is 0 Å². The highest BCUT2D eigenvalue weighted by Gasteiger charge is 2.45. The van der Waals surface area contributed by atoms with Crippen LogP contribution < -0.4 is 15.8 Å². The number of benzene rings is 2. The summed E-state index contributed by atoms with van der Waals surface area (Å²) in [4.78, 5) is 26.9. The zero-order valence-electron chi connectivity index (χ0n) is 15.1. The number of piperidine rings is 1. The van der Waals surface area contributed by atoms with Gasteiger partial charge in [0.05, 0.1) is 17.1 Å². The normalized spacial score (nSPS) is 18.4. The van der Waals surface area contributed by atoms with Crippen LogP contribution in [0.2, 0.25) is 10.0 Å². The summed E-state index contributed by atoms with van der Waals surface area (Å²) in [5.41, 5.74) is 4.25. The van der Waals surface area contributed by atoms with Crippen molar-refractivity contribution < 1.29 is 9.59 Å². The van der Waals surface area contributed by atoms with Gasteiger partial charge in [-0.15, -0.1) is 0 Å². The molecule has 0 aliphatic carbocycles. The van der Waals surface area contributed by atoms with E-state index in [2.05, 4.69) is 10.7 Å². The fourth-order valence-corrected chi connectivity index (χ4v) is 3.97. The van der Waals surface area contributed by atoms with E-state index in [1.165, 1.54) is 5.01 Å². The second-order valence-electron chi connectivity index (χ2n) is 7.09. The lowest BCUT2D eigenvalue weighted by Gasteiger charge is -2.39. The SMILES string of the molecule is O=C(Cc1ccc(Cl)cc1)N1CCC2(CC1)NC(=O)N(c1ccccc1Cl)N2. The molecule has 1 spiro atoms. The molecule has 2 saturated heterocycles. The molecular weight excluding hydrogens is 399 g/mol. The summed E-state index contributed by atoms with van der Waals surface area (Å²) in [5.74, 6) is 0.0736. The van der Waals surface area contributed by atoms with Gasteiger partial charge in [0.2, 0.25) is 5.91 Å². The molecule has 6 nitrogen and oxygen atoms in total. The van der Waals surface area contributed by atoms with Crippen LogP contribution in [0.15, 0.2) is 48.5 Å². The van der Waals surface area contributed by atoms with Gasteiger partial charge in [-0.25, -0.2) is 15.2 Å². The average molecular weight is 419 g/mol. The fourth-order valence-electron chi connectivity index (χ4n) is 3.62. The van der Waals surface area contributed by atoms with Crippen molar-refractivity contribution >= 4 is 40.8 Å². The highest BCUT2D eigenvalue weighted by atomic mass is 35.5. The number of hydrogen-bond acceptors (Lipinski definition) is 3. The van der Waals surface area contributed by atoms with Gasteiger partial charge >= 0.3 is 6.03 Å². The van der Waals surface area contributed by atoms with Crippen LogP contribution in [0.25, 0.3) is 0 Å². The average Bonchev–Trinajstić information content (AvgIpc) is 3.00. The maximum Gasteiger partial charge on any atom is 0.338 e. The Morgan fingerprint density at radius 3 is 2.39 bits per heavy atom. The Morgan fingerprint density at radius 2 is 1.71 bits per heavy atom. The summed E-state index contributed by atoms with van der Waals surface area (Å²) in [6.45, 7) is 1.13. The van der Waals surface area contributed by atoms with Gasteiger partial charge in [-0.3, -0.25) is 4.79 Å². The maximum atomic E-state index is 12.6. The molecule has 2 heterocycles. The van der Waals surface area contributed by atoms with Gasteiger partial charge in [0.1, 0.15) is 5.66 Å². The number of rotatable bonds is 3. The second kappa shape index (κ2) is 7.62. The number of nitrogens with one attached hydrogen (secondary N) is 2. The molecule has 4 rings (SSSR count). The van der Waals surface area contributed by atoms with Crippen molar-refractivity contribution in [3.05, 3.63) is 64.1 Å². The predicted octanol–water partition coefficient (Wildman–Crippen LogP) is 3.59. The summed E-state index contributed by atoms with van der Waals surface area (Å²) in [6.07, 6.45) is 1.58. The number of hydrogen-bond donors (Lipinski definition) is 2. The molecule has 2 aliphatic rings. The zero-order chi connectivity index (χ0) is 19.7. The van der Waals surface area contributed by atoms with Crippen molar-refractivity contribution in [1.29, 1.82) is 0 Å². The van der Waals surface area contributed by atoms with Crippen molar-refractivity contribution in [2.24, 2.45) is 0 Å². The number of para-hydroxylation sites is 1. The van der Waals surface area contributed by atoms with Crippen LogP contribution in [0.1, 0.15) is 18.4 Å². The van der Waals surface area contributed by atoms with Crippen molar-refractivity contribution in [2.45, 2.75) is 24.9 Å².